The second-order valence-corrected chi connectivity index (χ2v) is 6.03. The maximum Gasteiger partial charge on any atom is 0.236 e. The molecule has 136 valence electrons. The number of halogens is 1. The van der Waals surface area contributed by atoms with Crippen LogP contribution in [0.4, 0.5) is 15.8 Å². The summed E-state index contributed by atoms with van der Waals surface area (Å²) in [6, 6.07) is 24.2. The highest BCUT2D eigenvalue weighted by Crippen LogP contribution is 2.18. The van der Waals surface area contributed by atoms with Crippen LogP contribution in [0.1, 0.15) is 12.0 Å². The van der Waals surface area contributed by atoms with E-state index in [1.165, 1.54) is 24.3 Å². The van der Waals surface area contributed by atoms with E-state index in [4.69, 9.17) is 0 Å². The zero-order valence-corrected chi connectivity index (χ0v) is 14.6. The lowest BCUT2D eigenvalue weighted by atomic mass is 10.1. The van der Waals surface area contributed by atoms with Gasteiger partial charge in [-0.3, -0.25) is 9.59 Å². The fraction of sp³-hybridized carbons (Fsp3) is 0.0909. The lowest BCUT2D eigenvalue weighted by Gasteiger charge is -2.23. The average Bonchev–Trinajstić information content (AvgIpc) is 2.69. The van der Waals surface area contributed by atoms with Crippen LogP contribution < -0.4 is 10.2 Å². The first-order valence-electron chi connectivity index (χ1n) is 8.56. The Balaban J connectivity index is 1.72. The first-order valence-corrected chi connectivity index (χ1v) is 8.56. The third-order valence-electron chi connectivity index (χ3n) is 3.99. The molecule has 0 aliphatic rings. The molecule has 0 aliphatic heterocycles. The Kier molecular flexibility index (Phi) is 5.94. The number of carbonyl (C=O) groups excluding carboxylic acids is 2. The Morgan fingerprint density at radius 1 is 0.815 bits per heavy atom. The van der Waals surface area contributed by atoms with Gasteiger partial charge >= 0.3 is 0 Å². The van der Waals surface area contributed by atoms with E-state index in [-0.39, 0.29) is 18.1 Å². The number of hydrogen-bond acceptors (Lipinski definition) is 2. The van der Waals surface area contributed by atoms with E-state index in [0.29, 0.717) is 12.2 Å². The molecule has 0 saturated carbocycles. The number of rotatable bonds is 6. The van der Waals surface area contributed by atoms with Crippen LogP contribution in [0.25, 0.3) is 0 Å². The molecule has 0 atom stereocenters. The molecule has 3 aromatic carbocycles. The van der Waals surface area contributed by atoms with Crippen LogP contribution in [0, 0.1) is 5.82 Å². The first-order chi connectivity index (χ1) is 13.1. The quantitative estimate of drug-likeness (QED) is 0.661. The highest BCUT2D eigenvalue weighted by atomic mass is 19.1. The summed E-state index contributed by atoms with van der Waals surface area (Å²) >= 11 is 0. The smallest absolute Gasteiger partial charge is 0.236 e. The predicted octanol–water partition coefficient (Wildman–Crippen LogP) is 4.39. The van der Waals surface area contributed by atoms with Gasteiger partial charge in [-0.25, -0.2) is 4.39 Å². The number of para-hydroxylation sites is 1. The van der Waals surface area contributed by atoms with Gasteiger partial charge < -0.3 is 10.2 Å². The van der Waals surface area contributed by atoms with Gasteiger partial charge in [0.25, 0.3) is 0 Å². The van der Waals surface area contributed by atoms with Gasteiger partial charge in [-0.1, -0.05) is 48.5 Å². The molecule has 1 N–H and O–H groups in total. The lowest BCUT2D eigenvalue weighted by molar-refractivity contribution is -0.125. The van der Waals surface area contributed by atoms with Gasteiger partial charge in [-0.15, -0.1) is 0 Å². The van der Waals surface area contributed by atoms with E-state index in [0.717, 1.165) is 11.3 Å². The molecule has 0 bridgehead atoms. The number of carbonyl (C=O) groups is 2. The van der Waals surface area contributed by atoms with Crippen LogP contribution >= 0.6 is 0 Å². The monoisotopic (exact) mass is 362 g/mol. The van der Waals surface area contributed by atoms with Crippen molar-refractivity contribution in [3.05, 3.63) is 96.3 Å². The summed E-state index contributed by atoms with van der Waals surface area (Å²) in [4.78, 5) is 26.6. The van der Waals surface area contributed by atoms with Crippen molar-refractivity contribution in [2.24, 2.45) is 0 Å². The Labute approximate surface area is 157 Å². The van der Waals surface area contributed by atoms with Gasteiger partial charge in [0.05, 0.1) is 6.54 Å². The van der Waals surface area contributed by atoms with E-state index in [1.54, 1.807) is 4.90 Å². The molecule has 3 rings (SSSR count). The molecular formula is C22H19FN2O2. The zero-order valence-electron chi connectivity index (χ0n) is 14.6. The summed E-state index contributed by atoms with van der Waals surface area (Å²) in [7, 11) is 0. The van der Waals surface area contributed by atoms with Crippen LogP contribution in [0.15, 0.2) is 84.9 Å². The Hall–Kier alpha value is -3.47. The molecule has 0 aromatic heterocycles. The number of amides is 2. The maximum absolute atomic E-state index is 13.0. The summed E-state index contributed by atoms with van der Waals surface area (Å²) in [6.07, 6.45) is -0.306. The maximum atomic E-state index is 13.0. The number of nitrogens with one attached hydrogen (secondary N) is 1. The Bertz CT molecular complexity index is 897. The van der Waals surface area contributed by atoms with Crippen LogP contribution in [-0.2, 0) is 16.1 Å². The molecule has 0 unspecified atom stereocenters. The largest absolute Gasteiger partial charge is 0.326 e. The Morgan fingerprint density at radius 2 is 1.41 bits per heavy atom. The molecule has 4 nitrogen and oxygen atoms in total. The topological polar surface area (TPSA) is 49.4 Å². The fourth-order valence-electron chi connectivity index (χ4n) is 2.67. The number of nitrogens with zero attached hydrogens (tertiary/aromatic N) is 1. The molecule has 0 saturated heterocycles. The zero-order chi connectivity index (χ0) is 19.1. The van der Waals surface area contributed by atoms with Gasteiger partial charge in [0.1, 0.15) is 12.2 Å². The van der Waals surface area contributed by atoms with Crippen molar-refractivity contribution in [1.29, 1.82) is 0 Å². The summed E-state index contributed by atoms with van der Waals surface area (Å²) in [6.45, 7) is 0.369. The predicted molar refractivity (Wildman–Crippen MR) is 104 cm³/mol. The average molecular weight is 362 g/mol. The molecule has 27 heavy (non-hydrogen) atoms. The molecule has 0 fully saturated rings. The molecule has 3 aromatic rings. The second-order valence-electron chi connectivity index (χ2n) is 6.03. The molecule has 0 aliphatic carbocycles. The summed E-state index contributed by atoms with van der Waals surface area (Å²) < 4.78 is 13.0. The van der Waals surface area contributed by atoms with E-state index < -0.39 is 5.91 Å². The minimum absolute atomic E-state index is 0.306. The molecule has 0 heterocycles. The standard InChI is InChI=1S/C22H19FN2O2/c23-18-11-13-19(14-12-18)24-21(26)15-22(27)25(20-9-5-2-6-10-20)16-17-7-3-1-4-8-17/h1-14H,15-16H2,(H,24,26). The van der Waals surface area contributed by atoms with Crippen molar-refractivity contribution < 1.29 is 14.0 Å². The van der Waals surface area contributed by atoms with Crippen molar-refractivity contribution in [2.45, 2.75) is 13.0 Å². The minimum Gasteiger partial charge on any atom is -0.326 e. The van der Waals surface area contributed by atoms with E-state index >= 15 is 0 Å². The second kappa shape index (κ2) is 8.76. The van der Waals surface area contributed by atoms with Crippen LogP contribution in [0.5, 0.6) is 0 Å². The van der Waals surface area contributed by atoms with Gasteiger partial charge in [0, 0.05) is 11.4 Å². The summed E-state index contributed by atoms with van der Waals surface area (Å²) in [5, 5.41) is 2.62. The van der Waals surface area contributed by atoms with Crippen LogP contribution in [0.2, 0.25) is 0 Å². The van der Waals surface area contributed by atoms with Crippen molar-refractivity contribution >= 4 is 23.2 Å². The van der Waals surface area contributed by atoms with E-state index in [1.807, 2.05) is 60.7 Å². The molecule has 5 heteroatoms. The first kappa shape index (κ1) is 18.3. The van der Waals surface area contributed by atoms with Gasteiger partial charge in [0.2, 0.25) is 11.8 Å². The van der Waals surface area contributed by atoms with E-state index in [2.05, 4.69) is 5.32 Å². The van der Waals surface area contributed by atoms with Gasteiger partial charge in [-0.2, -0.15) is 0 Å². The summed E-state index contributed by atoms with van der Waals surface area (Å²) in [5.41, 5.74) is 2.14. The lowest BCUT2D eigenvalue weighted by Crippen LogP contribution is -2.33. The summed E-state index contributed by atoms with van der Waals surface area (Å²) in [5.74, 6) is -1.15. The van der Waals surface area contributed by atoms with Crippen LogP contribution in [0.3, 0.4) is 0 Å². The fourth-order valence-corrected chi connectivity index (χ4v) is 2.67. The van der Waals surface area contributed by atoms with Crippen molar-refractivity contribution in [2.75, 3.05) is 10.2 Å². The minimum atomic E-state index is -0.444. The number of benzene rings is 3. The Morgan fingerprint density at radius 3 is 2.04 bits per heavy atom. The highest BCUT2D eigenvalue weighted by Gasteiger charge is 2.19. The SMILES string of the molecule is O=C(CC(=O)N(Cc1ccccc1)c1ccccc1)Nc1ccc(F)cc1. The number of hydrogen-bond donors (Lipinski definition) is 1. The third-order valence-corrected chi connectivity index (χ3v) is 3.99. The molecule has 0 spiro atoms. The molecule has 2 amide bonds. The normalized spacial score (nSPS) is 10.3. The van der Waals surface area contributed by atoms with Gasteiger partial charge in [0.15, 0.2) is 0 Å². The molecular weight excluding hydrogens is 343 g/mol. The molecule has 0 radical (unpaired) electrons. The van der Waals surface area contributed by atoms with E-state index in [9.17, 15) is 14.0 Å². The van der Waals surface area contributed by atoms with Crippen LogP contribution in [-0.4, -0.2) is 11.8 Å². The van der Waals surface area contributed by atoms with Crippen molar-refractivity contribution in [3.8, 4) is 0 Å². The highest BCUT2D eigenvalue weighted by molar-refractivity contribution is 6.09. The third kappa shape index (κ3) is 5.25. The van der Waals surface area contributed by atoms with Gasteiger partial charge in [-0.05, 0) is 42.0 Å². The number of anilines is 2. The van der Waals surface area contributed by atoms with Crippen molar-refractivity contribution in [1.82, 2.24) is 0 Å². The van der Waals surface area contributed by atoms with Crippen molar-refractivity contribution in [3.63, 3.8) is 0 Å².